The van der Waals surface area contributed by atoms with Gasteiger partial charge in [-0.1, -0.05) is 19.8 Å². The van der Waals surface area contributed by atoms with Crippen LogP contribution in [0, 0.1) is 11.8 Å². The molecule has 0 aromatic heterocycles. The fourth-order valence-corrected chi connectivity index (χ4v) is 3.43. The first-order valence-corrected chi connectivity index (χ1v) is 8.29. The second-order valence-corrected chi connectivity index (χ2v) is 6.54. The van der Waals surface area contributed by atoms with E-state index in [4.69, 9.17) is 4.74 Å². The van der Waals surface area contributed by atoms with Crippen LogP contribution in [0.2, 0.25) is 0 Å². The summed E-state index contributed by atoms with van der Waals surface area (Å²) in [6.07, 6.45) is 7.40. The maximum atomic E-state index is 12.1. The highest BCUT2D eigenvalue weighted by Gasteiger charge is 2.25. The van der Waals surface area contributed by atoms with Crippen molar-refractivity contribution in [2.75, 3.05) is 19.7 Å². The third-order valence-electron chi connectivity index (χ3n) is 4.76. The summed E-state index contributed by atoms with van der Waals surface area (Å²) in [5.74, 6) is 1.06. The third-order valence-corrected chi connectivity index (χ3v) is 4.76. The molecule has 1 amide bonds. The molecule has 0 aromatic carbocycles. The second-order valence-electron chi connectivity index (χ2n) is 6.54. The first kappa shape index (κ1) is 15.8. The standard InChI is InChI=1S/C16H30N2O2/c1-12-5-3-4-6-15(12)20-10-9-18-16(19)14-7-8-17-13(2)11-14/h12-15,17H,3-11H2,1-2H3,(H,18,19)/t12?,13-,14-,15?/m0/s1. The van der Waals surface area contributed by atoms with Crippen LogP contribution in [0.25, 0.3) is 0 Å². The normalized spacial score (nSPS) is 34.7. The van der Waals surface area contributed by atoms with Crippen molar-refractivity contribution in [2.45, 2.75) is 64.5 Å². The van der Waals surface area contributed by atoms with Crippen LogP contribution in [0.5, 0.6) is 0 Å². The molecule has 0 bridgehead atoms. The van der Waals surface area contributed by atoms with Crippen molar-refractivity contribution >= 4 is 5.91 Å². The zero-order valence-corrected chi connectivity index (χ0v) is 13.0. The van der Waals surface area contributed by atoms with E-state index >= 15 is 0 Å². The maximum absolute atomic E-state index is 12.1. The number of carbonyl (C=O) groups is 1. The van der Waals surface area contributed by atoms with Gasteiger partial charge in [-0.05, 0) is 45.1 Å². The zero-order chi connectivity index (χ0) is 14.4. The van der Waals surface area contributed by atoms with Crippen LogP contribution >= 0.6 is 0 Å². The first-order chi connectivity index (χ1) is 9.66. The van der Waals surface area contributed by atoms with Gasteiger partial charge in [-0.3, -0.25) is 4.79 Å². The average molecular weight is 282 g/mol. The summed E-state index contributed by atoms with van der Waals surface area (Å²) >= 11 is 0. The molecular weight excluding hydrogens is 252 g/mol. The fourth-order valence-electron chi connectivity index (χ4n) is 3.43. The van der Waals surface area contributed by atoms with E-state index in [0.717, 1.165) is 19.4 Å². The molecule has 2 N–H and O–H groups in total. The molecule has 116 valence electrons. The Kier molecular flexibility index (Phi) is 6.30. The van der Waals surface area contributed by atoms with Crippen molar-refractivity contribution in [1.82, 2.24) is 10.6 Å². The van der Waals surface area contributed by atoms with E-state index in [9.17, 15) is 4.79 Å². The van der Waals surface area contributed by atoms with Crippen LogP contribution in [0.1, 0.15) is 52.4 Å². The lowest BCUT2D eigenvalue weighted by molar-refractivity contribution is -0.126. The van der Waals surface area contributed by atoms with Crippen LogP contribution < -0.4 is 10.6 Å². The Morgan fingerprint density at radius 1 is 1.25 bits per heavy atom. The smallest absolute Gasteiger partial charge is 0.223 e. The molecule has 1 aliphatic carbocycles. The van der Waals surface area contributed by atoms with Gasteiger partial charge in [0, 0.05) is 18.5 Å². The largest absolute Gasteiger partial charge is 0.376 e. The molecule has 1 heterocycles. The number of ether oxygens (including phenoxy) is 1. The van der Waals surface area contributed by atoms with Crippen LogP contribution in [0.15, 0.2) is 0 Å². The Bertz CT molecular complexity index is 309. The maximum Gasteiger partial charge on any atom is 0.223 e. The van der Waals surface area contributed by atoms with Gasteiger partial charge < -0.3 is 15.4 Å². The Labute approximate surface area is 123 Å². The van der Waals surface area contributed by atoms with Gasteiger partial charge in [-0.15, -0.1) is 0 Å². The van der Waals surface area contributed by atoms with E-state index in [0.29, 0.717) is 31.2 Å². The molecule has 0 aromatic rings. The lowest BCUT2D eigenvalue weighted by atomic mass is 9.88. The third kappa shape index (κ3) is 4.74. The van der Waals surface area contributed by atoms with Crippen molar-refractivity contribution in [3.05, 3.63) is 0 Å². The number of rotatable bonds is 5. The van der Waals surface area contributed by atoms with E-state index in [1.807, 2.05) is 0 Å². The SMILES string of the molecule is CC1CCCCC1OCCNC(=O)[C@H]1CCN[C@@H](C)C1. The van der Waals surface area contributed by atoms with Crippen LogP contribution in [-0.2, 0) is 9.53 Å². The minimum absolute atomic E-state index is 0.180. The molecule has 1 saturated carbocycles. The van der Waals surface area contributed by atoms with E-state index in [2.05, 4.69) is 24.5 Å². The molecule has 2 aliphatic rings. The van der Waals surface area contributed by atoms with Crippen LogP contribution in [0.4, 0.5) is 0 Å². The Morgan fingerprint density at radius 2 is 2.05 bits per heavy atom. The van der Waals surface area contributed by atoms with Crippen molar-refractivity contribution in [2.24, 2.45) is 11.8 Å². The summed E-state index contributed by atoms with van der Waals surface area (Å²) in [5, 5.41) is 6.41. The second kappa shape index (κ2) is 7.99. The number of hydrogen-bond donors (Lipinski definition) is 2. The van der Waals surface area contributed by atoms with Crippen molar-refractivity contribution in [3.63, 3.8) is 0 Å². The van der Waals surface area contributed by atoms with Crippen molar-refractivity contribution in [1.29, 1.82) is 0 Å². The van der Waals surface area contributed by atoms with Crippen molar-refractivity contribution in [3.8, 4) is 0 Å². The summed E-state index contributed by atoms with van der Waals surface area (Å²) in [6, 6.07) is 0.457. The quantitative estimate of drug-likeness (QED) is 0.759. The first-order valence-electron chi connectivity index (χ1n) is 8.29. The van der Waals surface area contributed by atoms with Gasteiger partial charge >= 0.3 is 0 Å². The van der Waals surface area contributed by atoms with Gasteiger partial charge in [0.1, 0.15) is 0 Å². The van der Waals surface area contributed by atoms with Gasteiger partial charge in [0.2, 0.25) is 5.91 Å². The minimum Gasteiger partial charge on any atom is -0.376 e. The lowest BCUT2D eigenvalue weighted by Crippen LogP contribution is -2.43. The zero-order valence-electron chi connectivity index (χ0n) is 13.0. The number of carbonyl (C=O) groups excluding carboxylic acids is 1. The highest BCUT2D eigenvalue weighted by Crippen LogP contribution is 2.26. The summed E-state index contributed by atoms with van der Waals surface area (Å²) < 4.78 is 5.93. The van der Waals surface area contributed by atoms with Gasteiger partial charge in [-0.25, -0.2) is 0 Å². The summed E-state index contributed by atoms with van der Waals surface area (Å²) in [7, 11) is 0. The Balaban J connectivity index is 1.59. The van der Waals surface area contributed by atoms with E-state index in [-0.39, 0.29) is 11.8 Å². The highest BCUT2D eigenvalue weighted by atomic mass is 16.5. The van der Waals surface area contributed by atoms with E-state index < -0.39 is 0 Å². The fraction of sp³-hybridized carbons (Fsp3) is 0.938. The van der Waals surface area contributed by atoms with Gasteiger partial charge in [0.15, 0.2) is 0 Å². The number of piperidine rings is 1. The molecule has 4 nitrogen and oxygen atoms in total. The molecule has 4 heteroatoms. The molecule has 0 spiro atoms. The summed E-state index contributed by atoms with van der Waals surface area (Å²) in [6.45, 7) is 6.68. The molecule has 2 rings (SSSR count). The minimum atomic E-state index is 0.180. The predicted octanol–water partition coefficient (Wildman–Crippen LogP) is 2.09. The van der Waals surface area contributed by atoms with Crippen molar-refractivity contribution < 1.29 is 9.53 Å². The van der Waals surface area contributed by atoms with Gasteiger partial charge in [0.05, 0.1) is 12.7 Å². The molecule has 20 heavy (non-hydrogen) atoms. The number of nitrogens with one attached hydrogen (secondary N) is 2. The highest BCUT2D eigenvalue weighted by molar-refractivity contribution is 5.78. The van der Waals surface area contributed by atoms with Crippen LogP contribution in [0.3, 0.4) is 0 Å². The Hall–Kier alpha value is -0.610. The van der Waals surface area contributed by atoms with E-state index in [1.165, 1.54) is 25.7 Å². The molecular formula is C16H30N2O2. The monoisotopic (exact) mass is 282 g/mol. The molecule has 1 saturated heterocycles. The average Bonchev–Trinajstić information content (AvgIpc) is 2.45. The molecule has 2 unspecified atom stereocenters. The summed E-state index contributed by atoms with van der Waals surface area (Å²) in [5.41, 5.74) is 0. The Morgan fingerprint density at radius 3 is 2.80 bits per heavy atom. The number of amides is 1. The van der Waals surface area contributed by atoms with Gasteiger partial charge in [-0.2, -0.15) is 0 Å². The number of hydrogen-bond acceptors (Lipinski definition) is 3. The van der Waals surface area contributed by atoms with Gasteiger partial charge in [0.25, 0.3) is 0 Å². The summed E-state index contributed by atoms with van der Waals surface area (Å²) in [4.78, 5) is 12.1. The topological polar surface area (TPSA) is 50.4 Å². The molecule has 2 fully saturated rings. The lowest BCUT2D eigenvalue weighted by Gasteiger charge is -2.29. The molecule has 1 aliphatic heterocycles. The van der Waals surface area contributed by atoms with Crippen LogP contribution in [-0.4, -0.2) is 37.7 Å². The van der Waals surface area contributed by atoms with E-state index in [1.54, 1.807) is 0 Å². The predicted molar refractivity (Wildman–Crippen MR) is 80.6 cm³/mol. The molecule has 4 atom stereocenters. The molecule has 0 radical (unpaired) electrons.